The van der Waals surface area contributed by atoms with Gasteiger partial charge in [-0.1, -0.05) is 12.1 Å². The van der Waals surface area contributed by atoms with Crippen molar-refractivity contribution in [1.29, 1.82) is 0 Å². The molecule has 0 radical (unpaired) electrons. The second kappa shape index (κ2) is 11.5. The normalized spacial score (nSPS) is 11.8. The van der Waals surface area contributed by atoms with Gasteiger partial charge in [0.05, 0.1) is 24.0 Å². The second-order valence-corrected chi connectivity index (χ2v) is 8.31. The summed E-state index contributed by atoms with van der Waals surface area (Å²) in [7, 11) is 1.49. The maximum Gasteiger partial charge on any atom is 0.252 e. The minimum Gasteiger partial charge on any atom is -0.394 e. The third kappa shape index (κ3) is 5.88. The highest BCUT2D eigenvalue weighted by Crippen LogP contribution is 2.32. The van der Waals surface area contributed by atoms with E-state index in [9.17, 15) is 19.1 Å². The molecule has 2 aromatic carbocycles. The fourth-order valence-electron chi connectivity index (χ4n) is 4.02. The Kier molecular flexibility index (Phi) is 8.02. The van der Waals surface area contributed by atoms with Gasteiger partial charge in [0.1, 0.15) is 12.5 Å². The molecular formula is C27H26FN5O4. The molecule has 0 aliphatic rings. The Bertz CT molecular complexity index is 1390. The van der Waals surface area contributed by atoms with Gasteiger partial charge in [-0.3, -0.25) is 14.6 Å². The zero-order chi connectivity index (χ0) is 26.4. The summed E-state index contributed by atoms with van der Waals surface area (Å²) in [5.74, 6) is -1.63. The fraction of sp³-hybridized carbons (Fsp3) is 0.185. The van der Waals surface area contributed by atoms with Gasteiger partial charge in [0.2, 0.25) is 5.91 Å². The van der Waals surface area contributed by atoms with Crippen LogP contribution in [-0.2, 0) is 17.9 Å². The molecule has 4 aromatic rings. The third-order valence-corrected chi connectivity index (χ3v) is 5.74. The maximum absolute atomic E-state index is 13.5. The maximum atomic E-state index is 13.5. The van der Waals surface area contributed by atoms with Crippen LogP contribution in [0, 0.1) is 5.82 Å². The number of nitrogens with one attached hydrogen (secondary N) is 1. The lowest BCUT2D eigenvalue weighted by Crippen LogP contribution is -2.39. The van der Waals surface area contributed by atoms with E-state index in [1.807, 2.05) is 6.07 Å². The van der Waals surface area contributed by atoms with Crippen LogP contribution in [0.1, 0.15) is 26.4 Å². The molecule has 2 aromatic heterocycles. The molecule has 0 fully saturated rings. The Hall–Kier alpha value is -4.41. The molecule has 2 heterocycles. The molecule has 10 heteroatoms. The lowest BCUT2D eigenvalue weighted by Gasteiger charge is -2.19. The van der Waals surface area contributed by atoms with Gasteiger partial charge in [-0.25, -0.2) is 9.07 Å². The predicted molar refractivity (Wildman–Crippen MR) is 135 cm³/mol. The quantitative estimate of drug-likeness (QED) is 0.305. The zero-order valence-corrected chi connectivity index (χ0v) is 20.1. The van der Waals surface area contributed by atoms with Crippen molar-refractivity contribution in [2.45, 2.75) is 19.2 Å². The number of ether oxygens (including phenoxy) is 1. The number of carbonyl (C=O) groups is 2. The van der Waals surface area contributed by atoms with Crippen LogP contribution in [0.4, 0.5) is 4.39 Å². The Morgan fingerprint density at radius 1 is 1.11 bits per heavy atom. The van der Waals surface area contributed by atoms with E-state index in [0.717, 1.165) is 0 Å². The molecule has 0 aliphatic heterocycles. The van der Waals surface area contributed by atoms with Crippen molar-refractivity contribution < 1.29 is 23.8 Å². The molecule has 0 saturated heterocycles. The number of aliphatic hydroxyl groups is 1. The molecule has 2 amide bonds. The molecular weight excluding hydrogens is 477 g/mol. The van der Waals surface area contributed by atoms with Crippen LogP contribution < -0.4 is 11.1 Å². The zero-order valence-electron chi connectivity index (χ0n) is 20.1. The summed E-state index contributed by atoms with van der Waals surface area (Å²) in [6.45, 7) is -0.299. The number of pyridine rings is 1. The Labute approximate surface area is 212 Å². The van der Waals surface area contributed by atoms with Crippen LogP contribution in [0.15, 0.2) is 72.9 Å². The number of aliphatic hydroxyl groups excluding tert-OH is 1. The van der Waals surface area contributed by atoms with Gasteiger partial charge < -0.3 is 20.9 Å². The van der Waals surface area contributed by atoms with E-state index in [1.165, 1.54) is 30.0 Å². The highest BCUT2D eigenvalue weighted by molar-refractivity contribution is 6.08. The number of rotatable bonds is 10. The molecule has 1 atom stereocenters. The molecule has 4 N–H and O–H groups in total. The first-order chi connectivity index (χ1) is 17.9. The van der Waals surface area contributed by atoms with E-state index >= 15 is 0 Å². The number of halogens is 1. The van der Waals surface area contributed by atoms with Crippen molar-refractivity contribution >= 4 is 11.8 Å². The second-order valence-electron chi connectivity index (χ2n) is 8.31. The standard InChI is InChI=1S/C27H26FN5O4/c1-37-16-33-24(14-23(32-33)17-8-10-18(28)11-9-17)25-21(26(29)35)6-4-7-22(25)27(36)31-20(15-34)13-19-5-2-3-12-30-19/h2-12,14,20,34H,13,15-16H2,1H3,(H2,29,35)(H,31,36)/t20-/m1/s1. The highest BCUT2D eigenvalue weighted by atomic mass is 19.1. The van der Waals surface area contributed by atoms with Crippen LogP contribution in [0.25, 0.3) is 22.5 Å². The van der Waals surface area contributed by atoms with Gasteiger partial charge in [0, 0.05) is 47.7 Å². The van der Waals surface area contributed by atoms with E-state index in [2.05, 4.69) is 15.4 Å². The number of nitrogens with two attached hydrogens (primary N) is 1. The number of amides is 2. The molecule has 190 valence electrons. The lowest BCUT2D eigenvalue weighted by atomic mass is 9.96. The summed E-state index contributed by atoms with van der Waals surface area (Å²) in [5.41, 5.74) is 8.46. The smallest absolute Gasteiger partial charge is 0.252 e. The molecule has 4 rings (SSSR count). The highest BCUT2D eigenvalue weighted by Gasteiger charge is 2.25. The van der Waals surface area contributed by atoms with Crippen molar-refractivity contribution in [3.8, 4) is 22.5 Å². The van der Waals surface area contributed by atoms with Crippen LogP contribution in [0.5, 0.6) is 0 Å². The lowest BCUT2D eigenvalue weighted by molar-refractivity contribution is 0.0916. The summed E-state index contributed by atoms with van der Waals surface area (Å²) in [4.78, 5) is 30.1. The van der Waals surface area contributed by atoms with Crippen molar-refractivity contribution in [2.75, 3.05) is 13.7 Å². The number of methoxy groups -OCH3 is 1. The van der Waals surface area contributed by atoms with Crippen molar-refractivity contribution in [3.05, 3.63) is 95.6 Å². The van der Waals surface area contributed by atoms with Crippen LogP contribution in [0.2, 0.25) is 0 Å². The van der Waals surface area contributed by atoms with Crippen LogP contribution in [-0.4, -0.2) is 51.4 Å². The minimum absolute atomic E-state index is 0.0175. The van der Waals surface area contributed by atoms with Gasteiger partial charge in [-0.15, -0.1) is 0 Å². The predicted octanol–water partition coefficient (Wildman–Crippen LogP) is 2.79. The summed E-state index contributed by atoms with van der Waals surface area (Å²) in [5, 5.41) is 17.3. The summed E-state index contributed by atoms with van der Waals surface area (Å²) in [6, 6.07) is 16.9. The van der Waals surface area contributed by atoms with E-state index < -0.39 is 17.9 Å². The van der Waals surface area contributed by atoms with E-state index in [1.54, 1.807) is 48.7 Å². The number of nitrogens with zero attached hydrogens (tertiary/aromatic N) is 3. The first-order valence-corrected chi connectivity index (χ1v) is 11.5. The fourth-order valence-corrected chi connectivity index (χ4v) is 4.02. The van der Waals surface area contributed by atoms with Gasteiger partial charge in [0.25, 0.3) is 5.91 Å². The Morgan fingerprint density at radius 2 is 1.86 bits per heavy atom. The molecule has 0 aliphatic carbocycles. The summed E-state index contributed by atoms with van der Waals surface area (Å²) < 4.78 is 20.2. The Balaban J connectivity index is 1.77. The van der Waals surface area contributed by atoms with Crippen molar-refractivity contribution in [2.24, 2.45) is 5.73 Å². The first kappa shape index (κ1) is 25.7. The minimum atomic E-state index is -0.731. The van der Waals surface area contributed by atoms with E-state index in [0.29, 0.717) is 29.1 Å². The number of hydrogen-bond donors (Lipinski definition) is 3. The first-order valence-electron chi connectivity index (χ1n) is 11.5. The average molecular weight is 504 g/mol. The van der Waals surface area contributed by atoms with Crippen LogP contribution >= 0.6 is 0 Å². The average Bonchev–Trinajstić information content (AvgIpc) is 3.32. The molecule has 0 unspecified atom stereocenters. The number of hydrogen-bond acceptors (Lipinski definition) is 6. The monoisotopic (exact) mass is 503 g/mol. The molecule has 0 saturated carbocycles. The third-order valence-electron chi connectivity index (χ3n) is 5.74. The van der Waals surface area contributed by atoms with Gasteiger partial charge in [-0.2, -0.15) is 5.10 Å². The number of aromatic nitrogens is 3. The molecule has 0 bridgehead atoms. The number of primary amides is 1. The SMILES string of the molecule is COCn1nc(-c2ccc(F)cc2)cc1-c1c(C(N)=O)cccc1C(=O)N[C@@H](CO)Cc1ccccn1. The van der Waals surface area contributed by atoms with Gasteiger partial charge in [0.15, 0.2) is 0 Å². The van der Waals surface area contributed by atoms with Crippen molar-refractivity contribution in [3.63, 3.8) is 0 Å². The number of carbonyl (C=O) groups excluding carboxylic acids is 2. The largest absolute Gasteiger partial charge is 0.394 e. The number of benzene rings is 2. The van der Waals surface area contributed by atoms with Crippen molar-refractivity contribution in [1.82, 2.24) is 20.1 Å². The van der Waals surface area contributed by atoms with E-state index in [-0.39, 0.29) is 35.8 Å². The Morgan fingerprint density at radius 3 is 2.51 bits per heavy atom. The van der Waals surface area contributed by atoms with Gasteiger partial charge >= 0.3 is 0 Å². The molecule has 37 heavy (non-hydrogen) atoms. The van der Waals surface area contributed by atoms with Crippen LogP contribution in [0.3, 0.4) is 0 Å². The van der Waals surface area contributed by atoms with Gasteiger partial charge in [-0.05, 0) is 54.6 Å². The molecule has 9 nitrogen and oxygen atoms in total. The van der Waals surface area contributed by atoms with E-state index in [4.69, 9.17) is 10.5 Å². The topological polar surface area (TPSA) is 132 Å². The molecule has 0 spiro atoms. The summed E-state index contributed by atoms with van der Waals surface area (Å²) in [6.07, 6.45) is 1.94. The summed E-state index contributed by atoms with van der Waals surface area (Å²) >= 11 is 0.